The molecular weight excluding hydrogens is 268 g/mol. The van der Waals surface area contributed by atoms with Crippen molar-refractivity contribution in [1.29, 1.82) is 0 Å². The molecule has 0 aromatic carbocycles. The number of pyridine rings is 1. The van der Waals surface area contributed by atoms with Crippen LogP contribution in [0.15, 0.2) is 18.2 Å². The summed E-state index contributed by atoms with van der Waals surface area (Å²) in [4.78, 5) is 15.8. The summed E-state index contributed by atoms with van der Waals surface area (Å²) >= 11 is 0. The van der Waals surface area contributed by atoms with Crippen LogP contribution in [0.1, 0.15) is 39.3 Å². The van der Waals surface area contributed by atoms with Crippen LogP contribution in [0, 0.1) is 5.41 Å². The molecule has 2 N–H and O–H groups in total. The Kier molecular flexibility index (Phi) is 6.62. The second kappa shape index (κ2) is 7.98. The van der Waals surface area contributed by atoms with Gasteiger partial charge >= 0.3 is 5.97 Å². The summed E-state index contributed by atoms with van der Waals surface area (Å²) in [7, 11) is 1.59. The Bertz CT molecular complexity index is 459. The van der Waals surface area contributed by atoms with Crippen LogP contribution < -0.4 is 10.1 Å². The first-order valence-electron chi connectivity index (χ1n) is 7.44. The summed E-state index contributed by atoms with van der Waals surface area (Å²) < 4.78 is 5.11. The van der Waals surface area contributed by atoms with E-state index in [2.05, 4.69) is 10.3 Å². The first kappa shape index (κ1) is 17.4. The SMILES string of the molecule is CCC(CC)(CNC(C)Cc1cccc(OC)n1)C(=O)O. The summed E-state index contributed by atoms with van der Waals surface area (Å²) in [6.45, 7) is 6.36. The quantitative estimate of drug-likeness (QED) is 0.732. The van der Waals surface area contributed by atoms with Crippen LogP contribution in [-0.2, 0) is 11.2 Å². The maximum Gasteiger partial charge on any atom is 0.310 e. The zero-order chi connectivity index (χ0) is 15.9. The smallest absolute Gasteiger partial charge is 0.310 e. The molecule has 0 amide bonds. The van der Waals surface area contributed by atoms with Crippen LogP contribution in [0.25, 0.3) is 0 Å². The van der Waals surface area contributed by atoms with Gasteiger partial charge < -0.3 is 15.2 Å². The Morgan fingerprint density at radius 2 is 2.10 bits per heavy atom. The van der Waals surface area contributed by atoms with Crippen molar-refractivity contribution < 1.29 is 14.6 Å². The zero-order valence-electron chi connectivity index (χ0n) is 13.3. The first-order valence-corrected chi connectivity index (χ1v) is 7.44. The molecule has 0 aliphatic rings. The Morgan fingerprint density at radius 3 is 2.62 bits per heavy atom. The van der Waals surface area contributed by atoms with Crippen molar-refractivity contribution in [3.8, 4) is 5.88 Å². The predicted octanol–water partition coefficient (Wildman–Crippen LogP) is 2.50. The van der Waals surface area contributed by atoms with Gasteiger partial charge in [0.1, 0.15) is 0 Å². The number of hydrogen-bond donors (Lipinski definition) is 2. The molecule has 0 saturated heterocycles. The molecule has 0 aliphatic carbocycles. The normalized spacial score (nSPS) is 13.0. The van der Waals surface area contributed by atoms with Crippen LogP contribution in [0.2, 0.25) is 0 Å². The average Bonchev–Trinajstić information content (AvgIpc) is 2.48. The van der Waals surface area contributed by atoms with Gasteiger partial charge in [-0.25, -0.2) is 4.98 Å². The van der Waals surface area contributed by atoms with Gasteiger partial charge in [0.25, 0.3) is 0 Å². The predicted molar refractivity (Wildman–Crippen MR) is 82.6 cm³/mol. The largest absolute Gasteiger partial charge is 0.481 e. The Morgan fingerprint density at radius 1 is 1.43 bits per heavy atom. The fourth-order valence-corrected chi connectivity index (χ4v) is 2.32. The van der Waals surface area contributed by atoms with Crippen LogP contribution in [0.5, 0.6) is 5.88 Å². The van der Waals surface area contributed by atoms with Crippen molar-refractivity contribution >= 4 is 5.97 Å². The van der Waals surface area contributed by atoms with Gasteiger partial charge in [0.05, 0.1) is 12.5 Å². The number of rotatable bonds is 9. The van der Waals surface area contributed by atoms with Gasteiger partial charge in [-0.15, -0.1) is 0 Å². The summed E-state index contributed by atoms with van der Waals surface area (Å²) in [6, 6.07) is 5.82. The molecule has 118 valence electrons. The number of ether oxygens (including phenoxy) is 1. The number of carboxylic acid groups (broad SMARTS) is 1. The summed E-state index contributed by atoms with van der Waals surface area (Å²) in [5.41, 5.74) is 0.249. The van der Waals surface area contributed by atoms with E-state index in [1.165, 1.54) is 0 Å². The number of hydrogen-bond acceptors (Lipinski definition) is 4. The molecule has 5 nitrogen and oxygen atoms in total. The van der Waals surface area contributed by atoms with Crippen LogP contribution in [0.3, 0.4) is 0 Å². The summed E-state index contributed by atoms with van der Waals surface area (Å²) in [5.74, 6) is -0.131. The number of aromatic nitrogens is 1. The van der Waals surface area contributed by atoms with Crippen LogP contribution in [0.4, 0.5) is 0 Å². The fourth-order valence-electron chi connectivity index (χ4n) is 2.32. The second-order valence-electron chi connectivity index (χ2n) is 5.45. The van der Waals surface area contributed by atoms with Gasteiger partial charge in [-0.1, -0.05) is 19.9 Å². The minimum atomic E-state index is -0.730. The molecule has 1 aromatic heterocycles. The van der Waals surface area contributed by atoms with E-state index in [0.29, 0.717) is 25.3 Å². The monoisotopic (exact) mass is 294 g/mol. The lowest BCUT2D eigenvalue weighted by atomic mass is 9.82. The van der Waals surface area contributed by atoms with E-state index in [1.807, 2.05) is 39.0 Å². The molecule has 21 heavy (non-hydrogen) atoms. The summed E-state index contributed by atoms with van der Waals surface area (Å²) in [5, 5.41) is 12.8. The molecule has 1 atom stereocenters. The van der Waals surface area contributed by atoms with E-state index >= 15 is 0 Å². The molecule has 0 radical (unpaired) electrons. The number of carboxylic acids is 1. The lowest BCUT2D eigenvalue weighted by Gasteiger charge is -2.28. The van der Waals surface area contributed by atoms with Crippen molar-refractivity contribution in [3.63, 3.8) is 0 Å². The molecule has 0 aliphatic heterocycles. The number of carbonyl (C=O) groups is 1. The van der Waals surface area contributed by atoms with Gasteiger partial charge in [0.2, 0.25) is 5.88 Å². The Balaban J connectivity index is 2.60. The highest BCUT2D eigenvalue weighted by molar-refractivity contribution is 5.74. The van der Waals surface area contributed by atoms with Crippen LogP contribution in [-0.4, -0.2) is 35.8 Å². The Hall–Kier alpha value is -1.62. The average molecular weight is 294 g/mol. The molecule has 1 aromatic rings. The molecule has 0 bridgehead atoms. The van der Waals surface area contributed by atoms with Gasteiger partial charge in [0, 0.05) is 30.8 Å². The molecule has 1 rings (SSSR count). The maximum absolute atomic E-state index is 11.5. The topological polar surface area (TPSA) is 71.5 Å². The van der Waals surface area contributed by atoms with E-state index < -0.39 is 11.4 Å². The molecular formula is C16H26N2O3. The number of aliphatic carboxylic acids is 1. The molecule has 0 spiro atoms. The number of methoxy groups -OCH3 is 1. The molecule has 0 fully saturated rings. The third-order valence-electron chi connectivity index (χ3n) is 4.10. The molecule has 1 heterocycles. The molecule has 0 saturated carbocycles. The molecule has 1 unspecified atom stereocenters. The van der Waals surface area contributed by atoms with Crippen molar-refractivity contribution in [2.75, 3.05) is 13.7 Å². The summed E-state index contributed by atoms with van der Waals surface area (Å²) in [6.07, 6.45) is 1.98. The maximum atomic E-state index is 11.5. The van der Waals surface area contributed by atoms with Crippen molar-refractivity contribution in [3.05, 3.63) is 23.9 Å². The van der Waals surface area contributed by atoms with E-state index in [9.17, 15) is 9.90 Å². The highest BCUT2D eigenvalue weighted by Gasteiger charge is 2.34. The van der Waals surface area contributed by atoms with E-state index in [4.69, 9.17) is 4.74 Å². The van der Waals surface area contributed by atoms with Gasteiger partial charge in [0.15, 0.2) is 0 Å². The highest BCUT2D eigenvalue weighted by atomic mass is 16.5. The van der Waals surface area contributed by atoms with Crippen molar-refractivity contribution in [1.82, 2.24) is 10.3 Å². The fraction of sp³-hybridized carbons (Fsp3) is 0.625. The zero-order valence-corrected chi connectivity index (χ0v) is 13.3. The second-order valence-corrected chi connectivity index (χ2v) is 5.45. The Labute approximate surface area is 126 Å². The van der Waals surface area contributed by atoms with Gasteiger partial charge in [-0.2, -0.15) is 0 Å². The van der Waals surface area contributed by atoms with Crippen LogP contribution >= 0.6 is 0 Å². The van der Waals surface area contributed by atoms with Gasteiger partial charge in [-0.05, 0) is 25.8 Å². The van der Waals surface area contributed by atoms with Crippen molar-refractivity contribution in [2.24, 2.45) is 5.41 Å². The standard InChI is InChI=1S/C16H26N2O3/c1-5-16(6-2,15(19)20)11-17-12(3)10-13-8-7-9-14(18-13)21-4/h7-9,12,17H,5-6,10-11H2,1-4H3,(H,19,20). The minimum absolute atomic E-state index is 0.154. The third kappa shape index (κ3) is 4.70. The first-order chi connectivity index (χ1) is 9.97. The van der Waals surface area contributed by atoms with E-state index in [-0.39, 0.29) is 6.04 Å². The highest BCUT2D eigenvalue weighted by Crippen LogP contribution is 2.26. The van der Waals surface area contributed by atoms with Gasteiger partial charge in [-0.3, -0.25) is 4.79 Å². The van der Waals surface area contributed by atoms with E-state index in [0.717, 1.165) is 12.1 Å². The van der Waals surface area contributed by atoms with Crippen molar-refractivity contribution in [2.45, 2.75) is 46.1 Å². The molecule has 5 heteroatoms. The lowest BCUT2D eigenvalue weighted by molar-refractivity contribution is -0.149. The lowest BCUT2D eigenvalue weighted by Crippen LogP contribution is -2.43. The minimum Gasteiger partial charge on any atom is -0.481 e. The number of nitrogens with one attached hydrogen (secondary N) is 1. The van der Waals surface area contributed by atoms with E-state index in [1.54, 1.807) is 7.11 Å². The third-order valence-corrected chi connectivity index (χ3v) is 4.10. The number of nitrogens with zero attached hydrogens (tertiary/aromatic N) is 1.